The van der Waals surface area contributed by atoms with Crippen molar-refractivity contribution in [2.45, 2.75) is 31.3 Å². The van der Waals surface area contributed by atoms with Crippen LogP contribution in [0.25, 0.3) is 0 Å². The van der Waals surface area contributed by atoms with Crippen molar-refractivity contribution in [3.63, 3.8) is 0 Å². The molecule has 160 valence electrons. The van der Waals surface area contributed by atoms with Gasteiger partial charge in [-0.05, 0) is 49.4 Å². The van der Waals surface area contributed by atoms with Crippen LogP contribution in [0.4, 0.5) is 0 Å². The highest BCUT2D eigenvalue weighted by molar-refractivity contribution is 5.92. The van der Waals surface area contributed by atoms with Gasteiger partial charge < -0.3 is 25.2 Å². The molecule has 1 aromatic carbocycles. The summed E-state index contributed by atoms with van der Waals surface area (Å²) in [5.74, 6) is 1.26. The van der Waals surface area contributed by atoms with Gasteiger partial charge in [0.15, 0.2) is 0 Å². The molecule has 0 unspecified atom stereocenters. The number of rotatable bonds is 7. The minimum atomic E-state index is -0.411. The van der Waals surface area contributed by atoms with Gasteiger partial charge in [0.1, 0.15) is 5.75 Å². The highest BCUT2D eigenvalue weighted by Crippen LogP contribution is 2.38. The predicted molar refractivity (Wildman–Crippen MR) is 108 cm³/mol. The molecule has 8 heteroatoms. The Labute approximate surface area is 171 Å². The fourth-order valence-corrected chi connectivity index (χ4v) is 4.22. The second-order valence-electron chi connectivity index (χ2n) is 7.83. The highest BCUT2D eigenvalue weighted by atomic mass is 16.5. The number of piperazine rings is 1. The number of nitrogens with zero attached hydrogens (tertiary/aromatic N) is 2. The van der Waals surface area contributed by atoms with E-state index in [1.54, 1.807) is 24.3 Å². The van der Waals surface area contributed by atoms with Crippen molar-refractivity contribution in [1.29, 1.82) is 0 Å². The lowest BCUT2D eigenvalue weighted by atomic mass is 10.0. The van der Waals surface area contributed by atoms with Crippen molar-refractivity contribution in [1.82, 2.24) is 9.80 Å². The van der Waals surface area contributed by atoms with E-state index in [1.165, 1.54) is 19.4 Å². The summed E-state index contributed by atoms with van der Waals surface area (Å²) in [6.45, 7) is 6.72. The number of hydrogen-bond acceptors (Lipinski definition) is 6. The van der Waals surface area contributed by atoms with Crippen LogP contribution in [-0.2, 0) is 9.53 Å². The summed E-state index contributed by atoms with van der Waals surface area (Å²) < 4.78 is 11.7. The summed E-state index contributed by atoms with van der Waals surface area (Å²) in [5, 5.41) is 6.89. The summed E-state index contributed by atoms with van der Waals surface area (Å²) >= 11 is 0. The van der Waals surface area contributed by atoms with Gasteiger partial charge in [-0.25, -0.2) is 0 Å². The first-order chi connectivity index (χ1) is 14.1. The monoisotopic (exact) mass is 405 g/mol. The van der Waals surface area contributed by atoms with E-state index in [-0.39, 0.29) is 6.47 Å². The lowest BCUT2D eigenvalue weighted by Crippen LogP contribution is -2.62. The van der Waals surface area contributed by atoms with Crippen LogP contribution in [0.15, 0.2) is 24.3 Å². The number of amides is 1. The third-order valence-corrected chi connectivity index (χ3v) is 5.83. The average molecular weight is 405 g/mol. The van der Waals surface area contributed by atoms with E-state index in [1.807, 2.05) is 0 Å². The molecule has 1 aliphatic carbocycles. The maximum absolute atomic E-state index is 11.1. The Hall–Kier alpha value is -2.16. The van der Waals surface area contributed by atoms with E-state index < -0.39 is 5.91 Å². The molecule has 0 radical (unpaired) electrons. The molecule has 29 heavy (non-hydrogen) atoms. The van der Waals surface area contributed by atoms with Gasteiger partial charge >= 0.3 is 0 Å². The van der Waals surface area contributed by atoms with Crippen LogP contribution in [0.5, 0.6) is 5.75 Å². The van der Waals surface area contributed by atoms with Gasteiger partial charge in [0.25, 0.3) is 6.47 Å². The molecule has 1 saturated carbocycles. The summed E-state index contributed by atoms with van der Waals surface area (Å²) in [6.07, 6.45) is 3.77. The van der Waals surface area contributed by atoms with Gasteiger partial charge in [0, 0.05) is 43.8 Å². The molecule has 3 fully saturated rings. The van der Waals surface area contributed by atoms with Gasteiger partial charge in [-0.15, -0.1) is 0 Å². The fraction of sp³-hybridized carbons (Fsp3) is 0.619. The van der Waals surface area contributed by atoms with Gasteiger partial charge in [0.05, 0.1) is 19.8 Å². The number of ether oxygens (including phenoxy) is 2. The molecule has 4 rings (SSSR count). The molecule has 2 atom stereocenters. The lowest BCUT2D eigenvalue weighted by molar-refractivity contribution is -0.122. The van der Waals surface area contributed by atoms with Crippen LogP contribution in [-0.4, -0.2) is 85.4 Å². The molecule has 8 nitrogen and oxygen atoms in total. The van der Waals surface area contributed by atoms with E-state index in [9.17, 15) is 4.79 Å². The largest absolute Gasteiger partial charge is 0.494 e. The van der Waals surface area contributed by atoms with E-state index in [4.69, 9.17) is 25.1 Å². The SMILES string of the molecule is NC(=O)c1ccc(OCCCN2CCN3[C@@H](COC[C@@H]3C3CC3)C2)cc1.O=CO. The maximum Gasteiger partial charge on any atom is 0.290 e. The quantitative estimate of drug-likeness (QED) is 0.516. The fourth-order valence-electron chi connectivity index (χ4n) is 4.22. The molecule has 1 aromatic rings. The predicted octanol–water partition coefficient (Wildman–Crippen LogP) is 1.05. The van der Waals surface area contributed by atoms with Crippen LogP contribution < -0.4 is 10.5 Å². The van der Waals surface area contributed by atoms with Crippen LogP contribution in [0.3, 0.4) is 0 Å². The van der Waals surface area contributed by atoms with Crippen LogP contribution >= 0.6 is 0 Å². The molecular weight excluding hydrogens is 374 g/mol. The molecule has 0 aromatic heterocycles. The van der Waals surface area contributed by atoms with Crippen molar-refractivity contribution in [3.8, 4) is 5.75 Å². The number of benzene rings is 1. The Morgan fingerprint density at radius 3 is 2.62 bits per heavy atom. The Bertz CT molecular complexity index is 665. The van der Waals surface area contributed by atoms with Gasteiger partial charge in [-0.2, -0.15) is 0 Å². The molecule has 3 aliphatic rings. The highest BCUT2D eigenvalue weighted by Gasteiger charge is 2.42. The topological polar surface area (TPSA) is 105 Å². The van der Waals surface area contributed by atoms with Gasteiger partial charge in [-0.1, -0.05) is 0 Å². The number of fused-ring (bicyclic) bond motifs is 1. The Morgan fingerprint density at radius 2 is 1.97 bits per heavy atom. The van der Waals surface area contributed by atoms with E-state index >= 15 is 0 Å². The number of carboxylic acid groups (broad SMARTS) is 1. The number of carbonyl (C=O) groups is 2. The second-order valence-corrected chi connectivity index (χ2v) is 7.83. The van der Waals surface area contributed by atoms with Crippen molar-refractivity contribution < 1.29 is 24.2 Å². The van der Waals surface area contributed by atoms with Gasteiger partial charge in [0.2, 0.25) is 5.91 Å². The van der Waals surface area contributed by atoms with E-state index in [0.717, 1.165) is 50.9 Å². The second kappa shape index (κ2) is 10.6. The van der Waals surface area contributed by atoms with E-state index in [2.05, 4.69) is 9.80 Å². The van der Waals surface area contributed by atoms with Gasteiger partial charge in [-0.3, -0.25) is 14.5 Å². The van der Waals surface area contributed by atoms with Crippen molar-refractivity contribution in [2.75, 3.05) is 46.0 Å². The zero-order valence-corrected chi connectivity index (χ0v) is 16.7. The lowest BCUT2D eigenvalue weighted by Gasteiger charge is -2.48. The van der Waals surface area contributed by atoms with Crippen molar-refractivity contribution in [3.05, 3.63) is 29.8 Å². The first-order valence-electron chi connectivity index (χ1n) is 10.3. The molecular formula is C21H31N3O5. The molecule has 2 aliphatic heterocycles. The third-order valence-electron chi connectivity index (χ3n) is 5.83. The van der Waals surface area contributed by atoms with Crippen LogP contribution in [0.2, 0.25) is 0 Å². The number of carbonyl (C=O) groups excluding carboxylic acids is 1. The van der Waals surface area contributed by atoms with Crippen molar-refractivity contribution in [2.24, 2.45) is 11.7 Å². The average Bonchev–Trinajstić information content (AvgIpc) is 3.57. The molecule has 2 heterocycles. The minimum Gasteiger partial charge on any atom is -0.494 e. The van der Waals surface area contributed by atoms with Crippen LogP contribution in [0, 0.1) is 5.92 Å². The zero-order chi connectivity index (χ0) is 20.6. The Morgan fingerprint density at radius 1 is 1.24 bits per heavy atom. The Kier molecular flexibility index (Phi) is 7.85. The maximum atomic E-state index is 11.1. The zero-order valence-electron chi connectivity index (χ0n) is 16.7. The first-order valence-corrected chi connectivity index (χ1v) is 10.3. The molecule has 0 bridgehead atoms. The molecule has 1 amide bonds. The minimum absolute atomic E-state index is 0.250. The third kappa shape index (κ3) is 6.16. The Balaban J connectivity index is 0.000000755. The van der Waals surface area contributed by atoms with E-state index in [0.29, 0.717) is 24.3 Å². The summed E-state index contributed by atoms with van der Waals surface area (Å²) in [7, 11) is 0. The van der Waals surface area contributed by atoms with Crippen molar-refractivity contribution >= 4 is 12.4 Å². The standard InChI is InChI=1S/C20H29N3O3.CH2O2/c21-20(24)16-4-6-18(7-5-16)26-11-1-8-22-9-10-23-17(12-22)13-25-14-19(23)15-2-3-15;2-1-3/h4-7,15,17,19H,1-3,8-14H2,(H2,21,24);1H,(H,2,3)/t17-,19-;/m1./s1. The molecule has 0 spiro atoms. The summed E-state index contributed by atoms with van der Waals surface area (Å²) in [4.78, 5) is 24.7. The summed E-state index contributed by atoms with van der Waals surface area (Å²) in [5.41, 5.74) is 5.75. The number of nitrogens with two attached hydrogens (primary N) is 1. The number of hydrogen-bond donors (Lipinski definition) is 2. The first kappa shape index (κ1) is 21.5. The van der Waals surface area contributed by atoms with Crippen LogP contribution in [0.1, 0.15) is 29.6 Å². The molecule has 3 N–H and O–H groups in total. The number of morpholine rings is 1. The normalized spacial score (nSPS) is 24.7. The summed E-state index contributed by atoms with van der Waals surface area (Å²) in [6, 6.07) is 8.24. The number of primary amides is 1. The molecule has 2 saturated heterocycles. The smallest absolute Gasteiger partial charge is 0.290 e.